The molecule has 4 heterocycles. The first-order valence-electron chi connectivity index (χ1n) is 8.77. The molecule has 5 nitrogen and oxygen atoms in total. The van der Waals surface area contributed by atoms with Crippen molar-refractivity contribution in [1.29, 1.82) is 0 Å². The average Bonchev–Trinajstić information content (AvgIpc) is 3.06. The van der Waals surface area contributed by atoms with E-state index in [0.29, 0.717) is 0 Å². The van der Waals surface area contributed by atoms with Gasteiger partial charge in [0.2, 0.25) is 0 Å². The molecule has 1 aromatic carbocycles. The maximum Gasteiger partial charge on any atom is 0.251 e. The number of aliphatic hydroxyl groups excluding tert-OH is 1. The summed E-state index contributed by atoms with van der Waals surface area (Å²) in [6.45, 7) is 1.62. The molecule has 2 aliphatic rings. The van der Waals surface area contributed by atoms with Crippen LogP contribution in [0.4, 0.5) is 5.13 Å². The molecule has 1 saturated heterocycles. The minimum atomic E-state index is -0.165. The van der Waals surface area contributed by atoms with Crippen LogP contribution in [0.15, 0.2) is 41.2 Å². The quantitative estimate of drug-likeness (QED) is 0.733. The van der Waals surface area contributed by atoms with E-state index in [1.165, 1.54) is 0 Å². The number of fused-ring (bicyclic) bond motifs is 5. The number of hydrogen-bond donors (Lipinski definition) is 1. The topological polar surface area (TPSA) is 58.4 Å². The van der Waals surface area contributed by atoms with Gasteiger partial charge in [-0.05, 0) is 30.7 Å². The Balaban J connectivity index is 1.55. The van der Waals surface area contributed by atoms with Crippen LogP contribution < -0.4 is 10.5 Å². The first kappa shape index (κ1) is 16.3. The Morgan fingerprint density at radius 2 is 2.15 bits per heavy atom. The Labute approximate surface area is 159 Å². The highest BCUT2D eigenvalue weighted by Gasteiger charge is 2.40. The van der Waals surface area contributed by atoms with Gasteiger partial charge >= 0.3 is 0 Å². The van der Waals surface area contributed by atoms with E-state index in [-0.39, 0.29) is 30.0 Å². The average molecular weight is 388 g/mol. The van der Waals surface area contributed by atoms with Gasteiger partial charge in [-0.25, -0.2) is 4.98 Å². The molecule has 1 N–H and O–H groups in total. The van der Waals surface area contributed by atoms with Crippen molar-refractivity contribution in [3.8, 4) is 0 Å². The Morgan fingerprint density at radius 1 is 1.27 bits per heavy atom. The lowest BCUT2D eigenvalue weighted by atomic mass is 9.79. The number of pyridine rings is 1. The lowest BCUT2D eigenvalue weighted by molar-refractivity contribution is 0.132. The normalized spacial score (nSPS) is 24.7. The van der Waals surface area contributed by atoms with Crippen LogP contribution >= 0.6 is 22.9 Å². The molecule has 2 aliphatic heterocycles. The largest absolute Gasteiger partial charge is 0.394 e. The number of anilines is 1. The molecule has 0 radical (unpaired) electrons. The molecule has 7 heteroatoms. The molecule has 134 valence electrons. The van der Waals surface area contributed by atoms with Crippen LogP contribution in [0.3, 0.4) is 0 Å². The number of aliphatic hydroxyl groups is 1. The molecule has 3 atom stereocenters. The van der Waals surface area contributed by atoms with Gasteiger partial charge in [-0.2, -0.15) is 0 Å². The Hall–Kier alpha value is -1.89. The van der Waals surface area contributed by atoms with Gasteiger partial charge in [0.1, 0.15) is 0 Å². The third-order valence-electron chi connectivity index (χ3n) is 5.60. The molecule has 0 amide bonds. The van der Waals surface area contributed by atoms with Gasteiger partial charge in [-0.15, -0.1) is 0 Å². The SMILES string of the molecule is O=c1cccc2n1[C@@H](CO)[C@H]1C[C@@H]2CN(c2nc3ccc(Cl)cc3s2)C1. The Bertz CT molecular complexity index is 1050. The van der Waals surface area contributed by atoms with Gasteiger partial charge in [0.05, 0.1) is 22.9 Å². The summed E-state index contributed by atoms with van der Waals surface area (Å²) in [4.78, 5) is 19.5. The molecule has 3 aromatic rings. The van der Waals surface area contributed by atoms with Crippen molar-refractivity contribution >= 4 is 38.3 Å². The minimum absolute atomic E-state index is 0.0145. The number of nitrogens with zero attached hydrogens (tertiary/aromatic N) is 3. The second kappa shape index (κ2) is 6.08. The first-order chi connectivity index (χ1) is 12.6. The van der Waals surface area contributed by atoms with Crippen molar-refractivity contribution in [1.82, 2.24) is 9.55 Å². The predicted molar refractivity (Wildman–Crippen MR) is 105 cm³/mol. The second-order valence-corrected chi connectivity index (χ2v) is 8.56. The minimum Gasteiger partial charge on any atom is -0.394 e. The number of thiazole rings is 1. The number of aromatic nitrogens is 2. The highest BCUT2D eigenvalue weighted by molar-refractivity contribution is 7.22. The van der Waals surface area contributed by atoms with Crippen LogP contribution in [0.2, 0.25) is 5.02 Å². The molecule has 2 bridgehead atoms. The number of benzene rings is 1. The summed E-state index contributed by atoms with van der Waals surface area (Å²) in [5.41, 5.74) is 1.97. The molecule has 0 saturated carbocycles. The molecule has 0 unspecified atom stereocenters. The number of rotatable bonds is 2. The maximum atomic E-state index is 12.4. The summed E-state index contributed by atoms with van der Waals surface area (Å²) in [7, 11) is 0. The van der Waals surface area contributed by atoms with Gasteiger partial charge in [-0.3, -0.25) is 4.79 Å². The van der Waals surface area contributed by atoms with E-state index in [1.54, 1.807) is 17.4 Å². The number of hydrogen-bond acceptors (Lipinski definition) is 5. The number of piperidine rings is 1. The summed E-state index contributed by atoms with van der Waals surface area (Å²) >= 11 is 7.75. The monoisotopic (exact) mass is 387 g/mol. The lowest BCUT2D eigenvalue weighted by Crippen LogP contribution is -2.50. The molecule has 26 heavy (non-hydrogen) atoms. The molecule has 0 spiro atoms. The van der Waals surface area contributed by atoms with Crippen molar-refractivity contribution < 1.29 is 5.11 Å². The molecular weight excluding hydrogens is 370 g/mol. The fraction of sp³-hybridized carbons (Fsp3) is 0.368. The summed E-state index contributed by atoms with van der Waals surface area (Å²) in [6, 6.07) is 11.0. The van der Waals surface area contributed by atoms with Crippen LogP contribution in [0.25, 0.3) is 10.2 Å². The van der Waals surface area contributed by atoms with E-state index in [1.807, 2.05) is 34.9 Å². The molecule has 2 aromatic heterocycles. The van der Waals surface area contributed by atoms with Gasteiger partial charge in [0.25, 0.3) is 5.56 Å². The van der Waals surface area contributed by atoms with Crippen LogP contribution in [0.5, 0.6) is 0 Å². The van der Waals surface area contributed by atoms with Gasteiger partial charge in [0.15, 0.2) is 5.13 Å². The van der Waals surface area contributed by atoms with Crippen molar-refractivity contribution in [2.24, 2.45) is 5.92 Å². The Kier molecular flexibility index (Phi) is 3.81. The Morgan fingerprint density at radius 3 is 3.00 bits per heavy atom. The lowest BCUT2D eigenvalue weighted by Gasteiger charge is -2.46. The molecule has 5 rings (SSSR count). The number of halogens is 1. The highest BCUT2D eigenvalue weighted by atomic mass is 35.5. The zero-order valence-electron chi connectivity index (χ0n) is 14.0. The summed E-state index contributed by atoms with van der Waals surface area (Å²) in [6.07, 6.45) is 1.00. The van der Waals surface area contributed by atoms with E-state index in [2.05, 4.69) is 4.90 Å². The summed E-state index contributed by atoms with van der Waals surface area (Å²) in [5.74, 6) is 0.517. The van der Waals surface area contributed by atoms with E-state index in [0.717, 1.165) is 45.6 Å². The van der Waals surface area contributed by atoms with Crippen molar-refractivity contribution in [3.63, 3.8) is 0 Å². The van der Waals surface area contributed by atoms with Crippen LogP contribution in [0, 0.1) is 5.92 Å². The third-order valence-corrected chi connectivity index (χ3v) is 6.91. The zero-order chi connectivity index (χ0) is 17.8. The molecular formula is C19H18ClN3O2S. The van der Waals surface area contributed by atoms with Crippen LogP contribution in [-0.2, 0) is 0 Å². The van der Waals surface area contributed by atoms with Gasteiger partial charge in [0, 0.05) is 41.7 Å². The van der Waals surface area contributed by atoms with Gasteiger partial charge < -0.3 is 14.6 Å². The fourth-order valence-electron chi connectivity index (χ4n) is 4.46. The highest BCUT2D eigenvalue weighted by Crippen LogP contribution is 2.43. The third kappa shape index (κ3) is 2.47. The predicted octanol–water partition coefficient (Wildman–Crippen LogP) is 3.27. The maximum absolute atomic E-state index is 12.4. The first-order valence-corrected chi connectivity index (χ1v) is 9.97. The zero-order valence-corrected chi connectivity index (χ0v) is 15.6. The van der Waals surface area contributed by atoms with Crippen molar-refractivity contribution in [3.05, 3.63) is 57.5 Å². The molecule has 1 fully saturated rings. The summed E-state index contributed by atoms with van der Waals surface area (Å²) in [5, 5.41) is 11.7. The standard InChI is InChI=1S/C19H18ClN3O2S/c20-13-4-5-14-17(7-13)26-19(21-14)22-8-11-6-12(9-22)16(10-24)23-15(11)2-1-3-18(23)25/h1-5,7,11-12,16,24H,6,8-10H2/t11-,12+,16+/m1/s1. The van der Waals surface area contributed by atoms with Crippen LogP contribution in [0.1, 0.15) is 24.1 Å². The second-order valence-electron chi connectivity index (χ2n) is 7.11. The van der Waals surface area contributed by atoms with Crippen molar-refractivity contribution in [2.45, 2.75) is 18.4 Å². The molecule has 0 aliphatic carbocycles. The fourth-order valence-corrected chi connectivity index (χ4v) is 5.71. The van der Waals surface area contributed by atoms with E-state index < -0.39 is 0 Å². The summed E-state index contributed by atoms with van der Waals surface area (Å²) < 4.78 is 2.90. The van der Waals surface area contributed by atoms with Crippen LogP contribution in [-0.4, -0.2) is 34.4 Å². The smallest absolute Gasteiger partial charge is 0.251 e. The van der Waals surface area contributed by atoms with E-state index >= 15 is 0 Å². The van der Waals surface area contributed by atoms with E-state index in [9.17, 15) is 9.90 Å². The van der Waals surface area contributed by atoms with E-state index in [4.69, 9.17) is 16.6 Å². The van der Waals surface area contributed by atoms with Gasteiger partial charge in [-0.1, -0.05) is 29.0 Å². The van der Waals surface area contributed by atoms with Crippen molar-refractivity contribution in [2.75, 3.05) is 24.6 Å².